The van der Waals surface area contributed by atoms with Gasteiger partial charge in [0.05, 0.1) is 19.8 Å². The van der Waals surface area contributed by atoms with Crippen LogP contribution >= 0.6 is 12.2 Å². The second kappa shape index (κ2) is 11.5. The zero-order valence-electron chi connectivity index (χ0n) is 19.7. The maximum absolute atomic E-state index is 12.1. The third-order valence-corrected chi connectivity index (χ3v) is 6.06. The van der Waals surface area contributed by atoms with Gasteiger partial charge >= 0.3 is 5.97 Å². The SMILES string of the molecule is C#C[C@]1(COCc2ccccc2)OC(n2ccc(=O)[nH]c2=S)C(OC(C)=O)C1OCc1ccccc1. The summed E-state index contributed by atoms with van der Waals surface area (Å²) in [6.45, 7) is 1.74. The molecule has 0 amide bonds. The molecule has 4 rings (SSSR count). The molecule has 1 aromatic heterocycles. The molecule has 1 aliphatic heterocycles. The van der Waals surface area contributed by atoms with E-state index in [0.29, 0.717) is 6.61 Å². The van der Waals surface area contributed by atoms with E-state index in [-0.39, 0.29) is 23.5 Å². The Hall–Kier alpha value is -3.55. The number of hydrogen-bond acceptors (Lipinski definition) is 7. The van der Waals surface area contributed by atoms with E-state index in [1.165, 1.54) is 23.8 Å². The molecule has 186 valence electrons. The third-order valence-electron chi connectivity index (χ3n) is 5.74. The standard InChI is InChI=1S/C27H26N2O6S/c1-3-27(18-32-16-20-10-6-4-7-11-20)24(33-17-21-12-8-5-9-13-21)23(34-19(2)30)25(35-27)29-15-14-22(31)28-26(29)36/h1,4-15,23-25H,16-18H2,2H3,(H,28,31,36)/t23?,24?,25?,27-/m1/s1. The Bertz CT molecular complexity index is 1330. The maximum atomic E-state index is 12.1. The van der Waals surface area contributed by atoms with Crippen molar-refractivity contribution in [2.24, 2.45) is 0 Å². The van der Waals surface area contributed by atoms with Gasteiger partial charge in [-0.05, 0) is 23.3 Å². The van der Waals surface area contributed by atoms with Crippen LogP contribution in [-0.2, 0) is 37.0 Å². The second-order valence-electron chi connectivity index (χ2n) is 8.33. The third kappa shape index (κ3) is 5.80. The van der Waals surface area contributed by atoms with E-state index in [4.69, 9.17) is 37.6 Å². The van der Waals surface area contributed by atoms with Gasteiger partial charge in [0.2, 0.25) is 0 Å². The fraction of sp³-hybridized carbons (Fsp3) is 0.296. The summed E-state index contributed by atoms with van der Waals surface area (Å²) >= 11 is 5.35. The molecule has 36 heavy (non-hydrogen) atoms. The van der Waals surface area contributed by atoms with E-state index in [1.807, 2.05) is 60.7 Å². The van der Waals surface area contributed by atoms with Gasteiger partial charge in [0, 0.05) is 19.2 Å². The Morgan fingerprint density at radius 3 is 2.33 bits per heavy atom. The highest BCUT2D eigenvalue weighted by Crippen LogP contribution is 2.41. The van der Waals surface area contributed by atoms with Crippen LogP contribution in [0.2, 0.25) is 0 Å². The smallest absolute Gasteiger partial charge is 0.303 e. The van der Waals surface area contributed by atoms with Crippen molar-refractivity contribution in [1.82, 2.24) is 9.55 Å². The van der Waals surface area contributed by atoms with Gasteiger partial charge in [-0.3, -0.25) is 19.1 Å². The van der Waals surface area contributed by atoms with E-state index >= 15 is 0 Å². The lowest BCUT2D eigenvalue weighted by atomic mass is 9.96. The van der Waals surface area contributed by atoms with Gasteiger partial charge in [-0.1, -0.05) is 66.6 Å². The van der Waals surface area contributed by atoms with Gasteiger partial charge in [0.1, 0.15) is 6.10 Å². The Labute approximate surface area is 213 Å². The summed E-state index contributed by atoms with van der Waals surface area (Å²) in [6, 6.07) is 20.4. The molecule has 2 aromatic carbocycles. The van der Waals surface area contributed by atoms with Gasteiger partial charge in [-0.2, -0.15) is 0 Å². The van der Waals surface area contributed by atoms with E-state index < -0.39 is 30.0 Å². The molecule has 0 aliphatic carbocycles. The number of terminal acetylenes is 1. The highest BCUT2D eigenvalue weighted by Gasteiger charge is 2.58. The molecule has 8 nitrogen and oxygen atoms in total. The van der Waals surface area contributed by atoms with Crippen molar-refractivity contribution < 1.29 is 23.7 Å². The predicted octanol–water partition coefficient (Wildman–Crippen LogP) is 3.54. The van der Waals surface area contributed by atoms with Crippen LogP contribution in [-0.4, -0.2) is 39.9 Å². The zero-order chi connectivity index (χ0) is 25.5. The van der Waals surface area contributed by atoms with Gasteiger partial charge in [0.15, 0.2) is 22.7 Å². The maximum Gasteiger partial charge on any atom is 0.303 e. The minimum absolute atomic E-state index is 0.0389. The van der Waals surface area contributed by atoms with Crippen molar-refractivity contribution in [1.29, 1.82) is 0 Å². The highest BCUT2D eigenvalue weighted by molar-refractivity contribution is 7.71. The largest absolute Gasteiger partial charge is 0.455 e. The lowest BCUT2D eigenvalue weighted by Crippen LogP contribution is -2.48. The van der Waals surface area contributed by atoms with Crippen LogP contribution in [0.3, 0.4) is 0 Å². The number of benzene rings is 2. The van der Waals surface area contributed by atoms with Crippen LogP contribution in [0.15, 0.2) is 77.7 Å². The monoisotopic (exact) mass is 506 g/mol. The van der Waals surface area contributed by atoms with Gasteiger partial charge in [-0.25, -0.2) is 0 Å². The summed E-state index contributed by atoms with van der Waals surface area (Å²) in [4.78, 5) is 26.4. The number of carbonyl (C=O) groups is 1. The van der Waals surface area contributed by atoms with Crippen molar-refractivity contribution in [2.45, 2.75) is 44.2 Å². The molecule has 1 N–H and O–H groups in total. The number of ether oxygens (including phenoxy) is 4. The molecule has 1 fully saturated rings. The Morgan fingerprint density at radius 1 is 1.11 bits per heavy atom. The van der Waals surface area contributed by atoms with Crippen molar-refractivity contribution >= 4 is 18.2 Å². The first-order valence-corrected chi connectivity index (χ1v) is 11.7. The van der Waals surface area contributed by atoms with Crippen molar-refractivity contribution in [3.8, 4) is 12.3 Å². The lowest BCUT2D eigenvalue weighted by Gasteiger charge is -2.30. The number of esters is 1. The number of aromatic amines is 1. The summed E-state index contributed by atoms with van der Waals surface area (Å²) in [5.74, 6) is 2.16. The van der Waals surface area contributed by atoms with E-state index in [9.17, 15) is 9.59 Å². The molecule has 3 aromatic rings. The van der Waals surface area contributed by atoms with Crippen LogP contribution < -0.4 is 5.56 Å². The van der Waals surface area contributed by atoms with E-state index in [1.54, 1.807) is 0 Å². The topological polar surface area (TPSA) is 91.8 Å². The molecular formula is C27H26N2O6S. The molecule has 2 heterocycles. The summed E-state index contributed by atoms with van der Waals surface area (Å²) in [7, 11) is 0. The highest BCUT2D eigenvalue weighted by atomic mass is 32.1. The zero-order valence-corrected chi connectivity index (χ0v) is 20.5. The minimum atomic E-state index is -1.42. The average Bonchev–Trinajstić information content (AvgIpc) is 3.16. The molecular weight excluding hydrogens is 480 g/mol. The lowest BCUT2D eigenvalue weighted by molar-refractivity contribution is -0.158. The normalized spacial score (nSPS) is 23.2. The van der Waals surface area contributed by atoms with Crippen LogP contribution in [0, 0.1) is 17.1 Å². The van der Waals surface area contributed by atoms with E-state index in [0.717, 1.165) is 11.1 Å². The number of nitrogens with zero attached hydrogens (tertiary/aromatic N) is 1. The molecule has 4 atom stereocenters. The van der Waals surface area contributed by atoms with Gasteiger partial charge in [0.25, 0.3) is 5.56 Å². The average molecular weight is 507 g/mol. The number of rotatable bonds is 9. The Morgan fingerprint density at radius 2 is 1.75 bits per heavy atom. The summed E-state index contributed by atoms with van der Waals surface area (Å²) < 4.78 is 25.9. The summed E-state index contributed by atoms with van der Waals surface area (Å²) in [6.07, 6.45) is 4.66. The predicted molar refractivity (Wildman–Crippen MR) is 134 cm³/mol. The molecule has 0 radical (unpaired) electrons. The first kappa shape index (κ1) is 25.5. The van der Waals surface area contributed by atoms with Crippen molar-refractivity contribution in [2.75, 3.05) is 6.61 Å². The fourth-order valence-electron chi connectivity index (χ4n) is 4.08. The van der Waals surface area contributed by atoms with E-state index in [2.05, 4.69) is 10.9 Å². The fourth-order valence-corrected chi connectivity index (χ4v) is 4.34. The quantitative estimate of drug-likeness (QED) is 0.270. The van der Waals surface area contributed by atoms with Crippen LogP contribution in [0.5, 0.6) is 0 Å². The molecule has 1 aliphatic rings. The van der Waals surface area contributed by atoms with Crippen molar-refractivity contribution in [3.63, 3.8) is 0 Å². The van der Waals surface area contributed by atoms with Gasteiger partial charge in [-0.15, -0.1) is 6.42 Å². The Balaban J connectivity index is 1.68. The molecule has 3 unspecified atom stereocenters. The molecule has 0 spiro atoms. The van der Waals surface area contributed by atoms with Crippen LogP contribution in [0.1, 0.15) is 24.3 Å². The number of nitrogens with one attached hydrogen (secondary N) is 1. The number of H-pyrrole nitrogens is 1. The first-order chi connectivity index (χ1) is 17.4. The minimum Gasteiger partial charge on any atom is -0.455 e. The molecule has 0 saturated carbocycles. The van der Waals surface area contributed by atoms with Crippen LogP contribution in [0.4, 0.5) is 0 Å². The molecule has 9 heteroatoms. The van der Waals surface area contributed by atoms with Crippen molar-refractivity contribution in [3.05, 3.63) is 99.2 Å². The number of carbonyl (C=O) groups excluding carboxylic acids is 1. The number of aromatic nitrogens is 2. The molecule has 0 bridgehead atoms. The summed E-state index contributed by atoms with van der Waals surface area (Å²) in [5, 5.41) is 0. The second-order valence-corrected chi connectivity index (χ2v) is 8.72. The first-order valence-electron chi connectivity index (χ1n) is 11.3. The Kier molecular flexibility index (Phi) is 8.13. The molecule has 1 saturated heterocycles. The number of hydrogen-bond donors (Lipinski definition) is 1. The van der Waals surface area contributed by atoms with Crippen LogP contribution in [0.25, 0.3) is 0 Å². The summed E-state index contributed by atoms with van der Waals surface area (Å²) in [5.41, 5.74) is 0.0726. The van der Waals surface area contributed by atoms with Gasteiger partial charge < -0.3 is 18.9 Å².